The summed E-state index contributed by atoms with van der Waals surface area (Å²) in [6.07, 6.45) is 0.846. The predicted molar refractivity (Wildman–Crippen MR) is 45.4 cm³/mol. The van der Waals surface area contributed by atoms with Gasteiger partial charge in [-0.25, -0.2) is 9.78 Å². The lowest BCUT2D eigenvalue weighted by Crippen LogP contribution is -2.13. The van der Waals surface area contributed by atoms with Gasteiger partial charge in [0.1, 0.15) is 0 Å². The molecule has 1 saturated heterocycles. The van der Waals surface area contributed by atoms with Crippen LogP contribution in [0.3, 0.4) is 0 Å². The molecule has 1 aromatic heterocycles. The zero-order valence-electron chi connectivity index (χ0n) is 6.95. The van der Waals surface area contributed by atoms with Crippen molar-refractivity contribution in [1.29, 1.82) is 0 Å². The number of alkyl carbamates (subject to hydrolysis) is 1. The molecule has 1 amide bonds. The first-order valence-electron chi connectivity index (χ1n) is 3.79. The summed E-state index contributed by atoms with van der Waals surface area (Å²) in [7, 11) is 1.81. The van der Waals surface area contributed by atoms with Crippen molar-refractivity contribution >= 4 is 17.7 Å². The normalized spacial score (nSPS) is 21.4. The number of carbonyl (C=O) groups excluding carboxylic acids is 1. The Morgan fingerprint density at radius 1 is 1.85 bits per heavy atom. The van der Waals surface area contributed by atoms with Crippen LogP contribution in [0.2, 0.25) is 5.15 Å². The largest absolute Gasteiger partial charge is 0.438 e. The summed E-state index contributed by atoms with van der Waals surface area (Å²) in [6, 6.07) is 0. The quantitative estimate of drug-likeness (QED) is 0.733. The number of cyclic esters (lactones) is 1. The Bertz CT molecular complexity index is 330. The van der Waals surface area contributed by atoms with Gasteiger partial charge in [-0.1, -0.05) is 11.6 Å². The van der Waals surface area contributed by atoms with Gasteiger partial charge in [0.25, 0.3) is 0 Å². The van der Waals surface area contributed by atoms with Crippen LogP contribution >= 0.6 is 11.6 Å². The van der Waals surface area contributed by atoms with Crippen molar-refractivity contribution in [2.24, 2.45) is 7.05 Å². The molecule has 1 aliphatic heterocycles. The number of nitrogens with zero attached hydrogens (tertiary/aromatic N) is 2. The molecule has 70 valence electrons. The van der Waals surface area contributed by atoms with Crippen molar-refractivity contribution in [3.8, 4) is 0 Å². The van der Waals surface area contributed by atoms with Crippen molar-refractivity contribution in [3.63, 3.8) is 0 Å². The standard InChI is InChI=1S/C7H8ClN3O2/c1-11-3-10-6(8)5(11)4-2-9-7(12)13-4/h3-4H,2H2,1H3,(H,9,12). The maximum absolute atomic E-state index is 10.8. The SMILES string of the molecule is Cn1cnc(Cl)c1C1CNC(=O)O1. The number of rotatable bonds is 1. The van der Waals surface area contributed by atoms with Gasteiger partial charge in [0.2, 0.25) is 0 Å². The molecular weight excluding hydrogens is 194 g/mol. The molecule has 5 nitrogen and oxygen atoms in total. The molecule has 13 heavy (non-hydrogen) atoms. The van der Waals surface area contributed by atoms with E-state index in [0.29, 0.717) is 11.7 Å². The minimum atomic E-state index is -0.415. The third-order valence-corrected chi connectivity index (χ3v) is 2.21. The first-order chi connectivity index (χ1) is 6.18. The van der Waals surface area contributed by atoms with E-state index in [4.69, 9.17) is 16.3 Å². The lowest BCUT2D eigenvalue weighted by molar-refractivity contribution is 0.137. The van der Waals surface area contributed by atoms with Gasteiger partial charge in [0.15, 0.2) is 11.3 Å². The number of halogens is 1. The molecule has 1 aromatic rings. The summed E-state index contributed by atoms with van der Waals surface area (Å²) in [5.74, 6) is 0. The molecule has 0 bridgehead atoms. The summed E-state index contributed by atoms with van der Waals surface area (Å²) < 4.78 is 6.72. The van der Waals surface area contributed by atoms with Crippen molar-refractivity contribution < 1.29 is 9.53 Å². The number of hydrogen-bond donors (Lipinski definition) is 1. The molecule has 1 fully saturated rings. The van der Waals surface area contributed by atoms with Crippen LogP contribution in [0.15, 0.2) is 6.33 Å². The van der Waals surface area contributed by atoms with E-state index in [9.17, 15) is 4.79 Å². The Kier molecular flexibility index (Phi) is 1.88. The maximum atomic E-state index is 10.8. The van der Waals surface area contributed by atoms with Gasteiger partial charge in [-0.15, -0.1) is 0 Å². The molecule has 0 spiro atoms. The third-order valence-electron chi connectivity index (χ3n) is 1.92. The fraction of sp³-hybridized carbons (Fsp3) is 0.429. The van der Waals surface area contributed by atoms with Crippen LogP contribution in [0.1, 0.15) is 11.8 Å². The van der Waals surface area contributed by atoms with Crippen molar-refractivity contribution in [3.05, 3.63) is 17.2 Å². The monoisotopic (exact) mass is 201 g/mol. The van der Waals surface area contributed by atoms with E-state index in [1.165, 1.54) is 0 Å². The second-order valence-electron chi connectivity index (χ2n) is 2.81. The Morgan fingerprint density at radius 2 is 2.62 bits per heavy atom. The van der Waals surface area contributed by atoms with Crippen LogP contribution in [0, 0.1) is 0 Å². The molecule has 2 heterocycles. The molecule has 0 aliphatic carbocycles. The summed E-state index contributed by atoms with van der Waals surface area (Å²) in [6.45, 7) is 0.443. The van der Waals surface area contributed by atoms with Crippen molar-refractivity contribution in [2.45, 2.75) is 6.10 Å². The molecule has 0 aromatic carbocycles. The second-order valence-corrected chi connectivity index (χ2v) is 3.16. The van der Waals surface area contributed by atoms with Gasteiger partial charge < -0.3 is 14.6 Å². The Labute approximate surface area is 79.7 Å². The number of amides is 1. The molecule has 0 radical (unpaired) electrons. The topological polar surface area (TPSA) is 56.2 Å². The number of imidazole rings is 1. The van der Waals surface area contributed by atoms with Gasteiger partial charge in [0, 0.05) is 7.05 Å². The number of aromatic nitrogens is 2. The van der Waals surface area contributed by atoms with Crippen LogP contribution in [0.4, 0.5) is 4.79 Å². The van der Waals surface area contributed by atoms with Gasteiger partial charge in [-0.2, -0.15) is 0 Å². The summed E-state index contributed by atoms with van der Waals surface area (Å²) >= 11 is 5.82. The molecule has 6 heteroatoms. The smallest absolute Gasteiger partial charge is 0.408 e. The number of hydrogen-bond acceptors (Lipinski definition) is 3. The molecular formula is C7H8ClN3O2. The van der Waals surface area contributed by atoms with E-state index in [0.717, 1.165) is 5.69 Å². The zero-order chi connectivity index (χ0) is 9.42. The number of carbonyl (C=O) groups is 1. The van der Waals surface area contributed by atoms with Crippen LogP contribution in [0.5, 0.6) is 0 Å². The first kappa shape index (κ1) is 8.37. The Hall–Kier alpha value is -1.23. The highest BCUT2D eigenvalue weighted by Gasteiger charge is 2.28. The van der Waals surface area contributed by atoms with E-state index >= 15 is 0 Å². The lowest BCUT2D eigenvalue weighted by atomic mass is 10.3. The van der Waals surface area contributed by atoms with Gasteiger partial charge in [-0.3, -0.25) is 0 Å². The summed E-state index contributed by atoms with van der Waals surface area (Å²) in [5, 5.41) is 2.93. The van der Waals surface area contributed by atoms with E-state index in [1.807, 2.05) is 0 Å². The third kappa shape index (κ3) is 1.35. The molecule has 2 rings (SSSR count). The lowest BCUT2D eigenvalue weighted by Gasteiger charge is -2.08. The fourth-order valence-corrected chi connectivity index (χ4v) is 1.61. The summed E-state index contributed by atoms with van der Waals surface area (Å²) in [4.78, 5) is 14.7. The minimum absolute atomic E-state index is 0.326. The maximum Gasteiger partial charge on any atom is 0.408 e. The molecule has 0 saturated carbocycles. The number of nitrogens with one attached hydrogen (secondary N) is 1. The van der Waals surface area contributed by atoms with Crippen LogP contribution < -0.4 is 5.32 Å². The zero-order valence-corrected chi connectivity index (χ0v) is 7.71. The van der Waals surface area contributed by atoms with Gasteiger partial charge >= 0.3 is 6.09 Å². The predicted octanol–water partition coefficient (Wildman–Crippen LogP) is 0.854. The molecule has 1 atom stereocenters. The van der Waals surface area contributed by atoms with Gasteiger partial charge in [0.05, 0.1) is 18.6 Å². The highest BCUT2D eigenvalue weighted by atomic mass is 35.5. The number of ether oxygens (including phenoxy) is 1. The number of aryl methyl sites for hydroxylation is 1. The summed E-state index contributed by atoms with van der Waals surface area (Å²) in [5.41, 5.74) is 0.722. The van der Waals surface area contributed by atoms with Crippen molar-refractivity contribution in [2.75, 3.05) is 6.54 Å². The first-order valence-corrected chi connectivity index (χ1v) is 4.17. The van der Waals surface area contributed by atoms with Crippen molar-refractivity contribution in [1.82, 2.24) is 14.9 Å². The Balaban J connectivity index is 2.30. The van der Waals surface area contributed by atoms with E-state index in [2.05, 4.69) is 10.3 Å². The Morgan fingerprint density at radius 3 is 3.08 bits per heavy atom. The average molecular weight is 202 g/mol. The molecule has 1 aliphatic rings. The second kappa shape index (κ2) is 2.92. The fourth-order valence-electron chi connectivity index (χ4n) is 1.31. The van der Waals surface area contributed by atoms with Crippen LogP contribution in [0.25, 0.3) is 0 Å². The highest BCUT2D eigenvalue weighted by molar-refractivity contribution is 6.30. The average Bonchev–Trinajstić information content (AvgIpc) is 2.60. The van der Waals surface area contributed by atoms with Crippen LogP contribution in [-0.4, -0.2) is 22.2 Å². The van der Waals surface area contributed by atoms with E-state index in [1.54, 1.807) is 17.9 Å². The molecule has 1 N–H and O–H groups in total. The van der Waals surface area contributed by atoms with Crippen LogP contribution in [-0.2, 0) is 11.8 Å². The van der Waals surface area contributed by atoms with Gasteiger partial charge in [-0.05, 0) is 0 Å². The minimum Gasteiger partial charge on any atom is -0.438 e. The highest BCUT2D eigenvalue weighted by Crippen LogP contribution is 2.25. The van der Waals surface area contributed by atoms with E-state index in [-0.39, 0.29) is 6.10 Å². The molecule has 1 unspecified atom stereocenters. The van der Waals surface area contributed by atoms with E-state index < -0.39 is 6.09 Å².